The third kappa shape index (κ3) is 6.21. The van der Waals surface area contributed by atoms with Gasteiger partial charge in [-0.1, -0.05) is 54.6 Å². The van der Waals surface area contributed by atoms with E-state index in [0.29, 0.717) is 18.2 Å². The Balaban J connectivity index is 1.44. The van der Waals surface area contributed by atoms with E-state index in [1.807, 2.05) is 36.4 Å². The van der Waals surface area contributed by atoms with Crippen LogP contribution in [0.4, 0.5) is 0 Å². The lowest BCUT2D eigenvalue weighted by Crippen LogP contribution is -2.30. The van der Waals surface area contributed by atoms with Gasteiger partial charge in [0.25, 0.3) is 0 Å². The predicted molar refractivity (Wildman–Crippen MR) is 134 cm³/mol. The normalized spacial score (nSPS) is 16.9. The molecule has 33 heavy (non-hydrogen) atoms. The molecule has 0 amide bonds. The zero-order chi connectivity index (χ0) is 23.0. The van der Waals surface area contributed by atoms with Crippen LogP contribution in [0.5, 0.6) is 5.75 Å². The van der Waals surface area contributed by atoms with Crippen molar-refractivity contribution in [1.82, 2.24) is 10.2 Å². The van der Waals surface area contributed by atoms with Gasteiger partial charge in [-0.05, 0) is 74.1 Å². The van der Waals surface area contributed by atoms with E-state index in [1.54, 1.807) is 12.1 Å². The van der Waals surface area contributed by atoms with E-state index >= 15 is 0 Å². The van der Waals surface area contributed by atoms with Crippen LogP contribution >= 0.6 is 0 Å². The summed E-state index contributed by atoms with van der Waals surface area (Å²) in [6.07, 6.45) is 5.80. The highest BCUT2D eigenvalue weighted by Crippen LogP contribution is 2.25. The van der Waals surface area contributed by atoms with Crippen molar-refractivity contribution in [3.05, 3.63) is 83.4 Å². The molecule has 0 aliphatic carbocycles. The summed E-state index contributed by atoms with van der Waals surface area (Å²) in [5, 5.41) is 15.0. The Hall–Kier alpha value is -3.15. The van der Waals surface area contributed by atoms with E-state index in [1.165, 1.54) is 19.4 Å². The molecule has 1 atom stereocenters. The van der Waals surface area contributed by atoms with Crippen LogP contribution in [0.1, 0.15) is 35.2 Å². The van der Waals surface area contributed by atoms with Crippen LogP contribution < -0.4 is 10.1 Å². The van der Waals surface area contributed by atoms with Gasteiger partial charge < -0.3 is 20.1 Å². The number of ether oxygens (including phenoxy) is 1. The van der Waals surface area contributed by atoms with Gasteiger partial charge in [0.1, 0.15) is 12.4 Å². The molecule has 0 bridgehead atoms. The Kier molecular flexibility index (Phi) is 7.76. The van der Waals surface area contributed by atoms with Gasteiger partial charge in [0.15, 0.2) is 0 Å². The fraction of sp³-hybridized carbons (Fsp3) is 0.321. The number of aromatic carboxylic acids is 1. The molecule has 0 radical (unpaired) electrons. The van der Waals surface area contributed by atoms with Crippen LogP contribution in [0, 0.1) is 0 Å². The van der Waals surface area contributed by atoms with Gasteiger partial charge in [-0.3, -0.25) is 0 Å². The Morgan fingerprint density at radius 3 is 2.67 bits per heavy atom. The first kappa shape index (κ1) is 23.0. The van der Waals surface area contributed by atoms with Gasteiger partial charge >= 0.3 is 5.97 Å². The molecule has 3 aromatic carbocycles. The highest BCUT2D eigenvalue weighted by Gasteiger charge is 2.19. The lowest BCUT2D eigenvalue weighted by atomic mass is 10.1. The molecule has 3 aromatic rings. The van der Waals surface area contributed by atoms with Crippen LogP contribution in [0.15, 0.2) is 72.3 Å². The molecule has 4 rings (SSSR count). The summed E-state index contributed by atoms with van der Waals surface area (Å²) in [4.78, 5) is 13.6. The van der Waals surface area contributed by atoms with Crippen molar-refractivity contribution in [3.63, 3.8) is 0 Å². The van der Waals surface area contributed by atoms with Crippen LogP contribution in [-0.4, -0.2) is 55.3 Å². The summed E-state index contributed by atoms with van der Waals surface area (Å²) in [7, 11) is 2.21. The third-order valence-corrected chi connectivity index (χ3v) is 6.37. The first-order chi connectivity index (χ1) is 16.1. The fourth-order valence-electron chi connectivity index (χ4n) is 4.45. The van der Waals surface area contributed by atoms with Crippen LogP contribution in [0.25, 0.3) is 16.8 Å². The smallest absolute Gasteiger partial charge is 0.335 e. The van der Waals surface area contributed by atoms with Crippen molar-refractivity contribution in [2.75, 3.05) is 33.3 Å². The van der Waals surface area contributed by atoms with E-state index in [2.05, 4.69) is 41.5 Å². The summed E-state index contributed by atoms with van der Waals surface area (Å²) in [5.74, 6) is -0.0450. The quantitative estimate of drug-likeness (QED) is 0.427. The average molecular weight is 445 g/mol. The van der Waals surface area contributed by atoms with Crippen molar-refractivity contribution in [2.24, 2.45) is 0 Å². The maximum Gasteiger partial charge on any atom is 0.335 e. The van der Waals surface area contributed by atoms with E-state index in [4.69, 9.17) is 9.84 Å². The van der Waals surface area contributed by atoms with Gasteiger partial charge in [-0.25, -0.2) is 4.79 Å². The van der Waals surface area contributed by atoms with Crippen molar-refractivity contribution >= 4 is 22.8 Å². The summed E-state index contributed by atoms with van der Waals surface area (Å²) in [5.41, 5.74) is 2.37. The lowest BCUT2D eigenvalue weighted by Gasteiger charge is -2.19. The number of carboxylic acids is 1. The zero-order valence-corrected chi connectivity index (χ0v) is 19.2. The first-order valence-corrected chi connectivity index (χ1v) is 11.6. The highest BCUT2D eigenvalue weighted by atomic mass is 16.5. The number of fused-ring (bicyclic) bond motifs is 1. The molecule has 1 heterocycles. The molecular weight excluding hydrogens is 412 g/mol. The monoisotopic (exact) mass is 444 g/mol. The Bertz CT molecular complexity index is 1100. The minimum Gasteiger partial charge on any atom is -0.489 e. The predicted octanol–water partition coefficient (Wildman–Crippen LogP) is 5.07. The van der Waals surface area contributed by atoms with Crippen LogP contribution in [-0.2, 0) is 0 Å². The number of hydrogen-bond acceptors (Lipinski definition) is 4. The molecule has 0 aromatic heterocycles. The van der Waals surface area contributed by atoms with Crippen LogP contribution in [0.2, 0.25) is 0 Å². The zero-order valence-electron chi connectivity index (χ0n) is 19.2. The SMILES string of the molecule is CN1CCCC1CCNC/C(=C\c1ccc(C(=O)O)cc1)COc1cccc2ccccc12. The Labute approximate surface area is 195 Å². The molecule has 1 aliphatic rings. The highest BCUT2D eigenvalue weighted by molar-refractivity contribution is 5.88. The standard InChI is InChI=1S/C28H32N2O3/c1-30-17-5-8-25(30)15-16-29-19-22(18-21-11-13-24(14-12-21)28(31)32)20-33-27-10-4-7-23-6-2-3-9-26(23)27/h2-4,6-7,9-14,18,25,29H,5,8,15-17,19-20H2,1H3,(H,31,32)/b22-18+. The van der Waals surface area contributed by atoms with Gasteiger partial charge in [-0.15, -0.1) is 0 Å². The second-order valence-corrected chi connectivity index (χ2v) is 8.74. The number of hydrogen-bond donors (Lipinski definition) is 2. The third-order valence-electron chi connectivity index (χ3n) is 6.37. The number of carboxylic acid groups (broad SMARTS) is 1. The second-order valence-electron chi connectivity index (χ2n) is 8.74. The van der Waals surface area contributed by atoms with E-state index in [9.17, 15) is 4.79 Å². The largest absolute Gasteiger partial charge is 0.489 e. The van der Waals surface area contributed by atoms with Crippen molar-refractivity contribution in [1.29, 1.82) is 0 Å². The molecule has 1 fully saturated rings. The van der Waals surface area contributed by atoms with Gasteiger partial charge in [0.05, 0.1) is 5.56 Å². The second kappa shape index (κ2) is 11.1. The number of rotatable bonds is 10. The Morgan fingerprint density at radius 2 is 1.91 bits per heavy atom. The van der Waals surface area contributed by atoms with E-state index < -0.39 is 5.97 Å². The minimum atomic E-state index is -0.913. The average Bonchev–Trinajstić information content (AvgIpc) is 3.24. The van der Waals surface area contributed by atoms with Crippen LogP contribution in [0.3, 0.4) is 0 Å². The van der Waals surface area contributed by atoms with E-state index in [0.717, 1.165) is 47.2 Å². The maximum absolute atomic E-state index is 11.2. The molecule has 2 N–H and O–H groups in total. The summed E-state index contributed by atoms with van der Waals surface area (Å²) in [6, 6.07) is 22.0. The summed E-state index contributed by atoms with van der Waals surface area (Å²) in [6.45, 7) is 3.34. The molecular formula is C28H32N2O3. The number of carbonyl (C=O) groups is 1. The molecule has 1 saturated heterocycles. The summed E-state index contributed by atoms with van der Waals surface area (Å²) >= 11 is 0. The van der Waals surface area contributed by atoms with E-state index in [-0.39, 0.29) is 0 Å². The number of likely N-dealkylation sites (tertiary alicyclic amines) is 1. The van der Waals surface area contributed by atoms with Gasteiger partial charge in [0.2, 0.25) is 0 Å². The summed E-state index contributed by atoms with van der Waals surface area (Å²) < 4.78 is 6.25. The molecule has 1 unspecified atom stereocenters. The van der Waals surface area contributed by atoms with Crippen molar-refractivity contribution < 1.29 is 14.6 Å². The maximum atomic E-state index is 11.2. The molecule has 5 nitrogen and oxygen atoms in total. The van der Waals surface area contributed by atoms with Gasteiger partial charge in [-0.2, -0.15) is 0 Å². The topological polar surface area (TPSA) is 61.8 Å². The van der Waals surface area contributed by atoms with Crippen molar-refractivity contribution in [3.8, 4) is 5.75 Å². The fourth-order valence-corrected chi connectivity index (χ4v) is 4.45. The Morgan fingerprint density at radius 1 is 1.12 bits per heavy atom. The number of nitrogens with one attached hydrogen (secondary N) is 1. The van der Waals surface area contributed by atoms with Gasteiger partial charge in [0, 0.05) is 18.0 Å². The lowest BCUT2D eigenvalue weighted by molar-refractivity contribution is 0.0697. The number of nitrogens with zero attached hydrogens (tertiary/aromatic N) is 1. The van der Waals surface area contributed by atoms with Crippen molar-refractivity contribution in [2.45, 2.75) is 25.3 Å². The molecule has 5 heteroatoms. The number of benzene rings is 3. The molecule has 172 valence electrons. The molecule has 0 spiro atoms. The minimum absolute atomic E-state index is 0.291. The molecule has 0 saturated carbocycles. The molecule has 1 aliphatic heterocycles. The first-order valence-electron chi connectivity index (χ1n) is 11.6.